The van der Waals surface area contributed by atoms with E-state index >= 15 is 0 Å². The van der Waals surface area contributed by atoms with E-state index in [1.54, 1.807) is 0 Å². The lowest BCUT2D eigenvalue weighted by Crippen LogP contribution is -2.06. The smallest absolute Gasteiger partial charge is 0.171 e. The summed E-state index contributed by atoms with van der Waals surface area (Å²) < 4.78 is 33.1. The van der Waals surface area contributed by atoms with Gasteiger partial charge in [-0.1, -0.05) is 15.9 Å². The topological polar surface area (TPSA) is 0 Å². The molecule has 0 aliphatic carbocycles. The van der Waals surface area contributed by atoms with Crippen LogP contribution in [-0.4, -0.2) is 34.6 Å². The number of halogens is 4. The first kappa shape index (κ1) is 11.8. The van der Waals surface area contributed by atoms with Crippen molar-refractivity contribution < 1.29 is 13.2 Å². The molecule has 0 N–H and O–H groups in total. The van der Waals surface area contributed by atoms with Gasteiger partial charge in [0.25, 0.3) is 0 Å². The second kappa shape index (κ2) is 4.87. The Labute approximate surface area is 70.1 Å². The Balaban J connectivity index is 0. The Bertz CT molecular complexity index is 53.0. The summed E-state index contributed by atoms with van der Waals surface area (Å²) in [6, 6.07) is 0. The molecule has 0 aromatic rings. The van der Waals surface area contributed by atoms with Crippen molar-refractivity contribution in [1.82, 2.24) is 0 Å². The summed E-state index contributed by atoms with van der Waals surface area (Å²) in [6.45, 7) is 0. The lowest BCUT2D eigenvalue weighted by molar-refractivity contribution is -0.129. The molecule has 0 heterocycles. The molecule has 0 bridgehead atoms. The maximum Gasteiger partial charge on any atom is 0.389 e. The van der Waals surface area contributed by atoms with E-state index in [1.807, 2.05) is 0 Å². The highest BCUT2D eigenvalue weighted by Crippen LogP contribution is 2.19. The van der Waals surface area contributed by atoms with Gasteiger partial charge in [0.1, 0.15) is 0 Å². The number of rotatable bonds is 1. The van der Waals surface area contributed by atoms with E-state index in [2.05, 4.69) is 15.9 Å². The average Bonchev–Trinajstić information content (AvgIpc) is 1.30. The van der Waals surface area contributed by atoms with Crippen LogP contribution in [0.2, 0.25) is 0 Å². The van der Waals surface area contributed by atoms with Crippen LogP contribution in [0, 0.1) is 0 Å². The first-order chi connectivity index (χ1) is 3.06. The van der Waals surface area contributed by atoms with Gasteiger partial charge in [0.15, 0.2) is 0 Å². The van der Waals surface area contributed by atoms with Crippen molar-refractivity contribution in [3.8, 4) is 0 Å². The van der Waals surface area contributed by atoms with E-state index in [-0.39, 0.29) is 28.4 Å². The molecule has 0 spiro atoms. The van der Waals surface area contributed by atoms with Crippen molar-refractivity contribution in [3.05, 3.63) is 0 Å². The van der Waals surface area contributed by atoms with Crippen molar-refractivity contribution in [2.45, 2.75) is 12.6 Å². The minimum atomic E-state index is -4.00. The zero-order chi connectivity index (χ0) is 5.91. The van der Waals surface area contributed by atoms with Crippen LogP contribution in [0.3, 0.4) is 0 Å². The van der Waals surface area contributed by atoms with E-state index in [0.717, 1.165) is 0 Å². The number of hydrogen-bond acceptors (Lipinski definition) is 0. The van der Waals surface area contributed by atoms with Gasteiger partial charge >= 0.3 is 29.2 Å². The minimum Gasteiger partial charge on any atom is -0.171 e. The van der Waals surface area contributed by atoms with Crippen LogP contribution in [-0.2, 0) is 0 Å². The first-order valence-corrected chi connectivity index (χ1v) is 2.81. The fourth-order valence-corrected chi connectivity index (χ4v) is 0.557. The summed E-state index contributed by atoms with van der Waals surface area (Å²) in [5.41, 5.74) is 0. The fraction of sp³-hybridized carbons (Fsp3) is 1.00. The molecule has 0 aliphatic heterocycles. The lowest BCUT2D eigenvalue weighted by atomic mass is 10.5. The third-order valence-electron chi connectivity index (χ3n) is 0.378. The van der Waals surface area contributed by atoms with Gasteiger partial charge in [0, 0.05) is 5.33 Å². The van der Waals surface area contributed by atoms with E-state index < -0.39 is 12.6 Å². The van der Waals surface area contributed by atoms with Crippen LogP contribution in [0.4, 0.5) is 13.2 Å². The van der Waals surface area contributed by atoms with Gasteiger partial charge < -0.3 is 0 Å². The maximum absolute atomic E-state index is 11.0. The molecule has 0 rings (SSSR count). The average molecular weight is 203 g/mol. The van der Waals surface area contributed by atoms with Crippen molar-refractivity contribution >= 4 is 39.0 Å². The quantitative estimate of drug-likeness (QED) is 0.446. The van der Waals surface area contributed by atoms with Crippen LogP contribution in [0.15, 0.2) is 0 Å². The molecule has 0 radical (unpaired) electrons. The van der Waals surface area contributed by atoms with Crippen LogP contribution in [0.5, 0.6) is 0 Å². The largest absolute Gasteiger partial charge is 0.389 e. The number of hydrogen-bond donors (Lipinski definition) is 0. The fourth-order valence-electron chi connectivity index (χ4n) is 0.107. The molecule has 48 valence electrons. The highest BCUT2D eigenvalue weighted by molar-refractivity contribution is 9.09. The minimum absolute atomic E-state index is 0. The number of alkyl halides is 4. The standard InChI is InChI=1S/C3H4BrF3.Mg.2H/c4-2-1-3(5,6)7;;;/h1-2H2;;;. The third-order valence-corrected chi connectivity index (χ3v) is 0.774. The van der Waals surface area contributed by atoms with E-state index in [0.29, 0.717) is 0 Å². The molecule has 0 saturated carbocycles. The van der Waals surface area contributed by atoms with E-state index in [9.17, 15) is 13.2 Å². The molecule has 0 nitrogen and oxygen atoms in total. The van der Waals surface area contributed by atoms with Gasteiger partial charge in [-0.3, -0.25) is 0 Å². The highest BCUT2D eigenvalue weighted by atomic mass is 79.9. The molecule has 0 aromatic carbocycles. The summed E-state index contributed by atoms with van der Waals surface area (Å²) in [7, 11) is 0. The van der Waals surface area contributed by atoms with Crippen molar-refractivity contribution in [2.75, 3.05) is 5.33 Å². The normalized spacial score (nSPS) is 10.5. The molecule has 0 aliphatic rings. The SMILES string of the molecule is FC(F)(F)CCBr.[MgH2]. The van der Waals surface area contributed by atoms with Crippen LogP contribution >= 0.6 is 15.9 Å². The summed E-state index contributed by atoms with van der Waals surface area (Å²) in [5, 5.41) is -0.00347. The van der Waals surface area contributed by atoms with E-state index in [4.69, 9.17) is 0 Å². The van der Waals surface area contributed by atoms with Crippen molar-refractivity contribution in [2.24, 2.45) is 0 Å². The summed E-state index contributed by atoms with van der Waals surface area (Å²) in [4.78, 5) is 0. The third kappa shape index (κ3) is 10.1. The highest BCUT2D eigenvalue weighted by Gasteiger charge is 2.25. The second-order valence-corrected chi connectivity index (χ2v) is 1.85. The monoisotopic (exact) mass is 202 g/mol. The molecular weight excluding hydrogens is 197 g/mol. The zero-order valence-corrected chi connectivity index (χ0v) is 5.01. The van der Waals surface area contributed by atoms with Crippen LogP contribution < -0.4 is 0 Å². The van der Waals surface area contributed by atoms with Gasteiger partial charge in [-0.2, -0.15) is 13.2 Å². The molecule has 5 heteroatoms. The molecular formula is C3H6BrF3Mg. The Hall–Kier alpha value is 1.04. The Morgan fingerprint density at radius 2 is 1.62 bits per heavy atom. The van der Waals surface area contributed by atoms with Gasteiger partial charge in [-0.15, -0.1) is 0 Å². The van der Waals surface area contributed by atoms with Gasteiger partial charge in [-0.05, 0) is 0 Å². The first-order valence-electron chi connectivity index (χ1n) is 1.69. The summed E-state index contributed by atoms with van der Waals surface area (Å²) >= 11 is 2.67. The second-order valence-electron chi connectivity index (χ2n) is 1.05. The van der Waals surface area contributed by atoms with Gasteiger partial charge in [-0.25, -0.2) is 0 Å². The summed E-state index contributed by atoms with van der Waals surface area (Å²) in [5.74, 6) is 0. The van der Waals surface area contributed by atoms with E-state index in [1.165, 1.54) is 0 Å². The Morgan fingerprint density at radius 1 is 1.25 bits per heavy atom. The zero-order valence-electron chi connectivity index (χ0n) is 3.43. The molecule has 8 heavy (non-hydrogen) atoms. The summed E-state index contributed by atoms with van der Waals surface area (Å²) in [6.07, 6.45) is -4.74. The predicted molar refractivity (Wildman–Crippen MR) is 33.0 cm³/mol. The molecule has 0 fully saturated rings. The van der Waals surface area contributed by atoms with Gasteiger partial charge in [0.05, 0.1) is 6.42 Å². The predicted octanol–water partition coefficient (Wildman–Crippen LogP) is 1.42. The maximum atomic E-state index is 11.0. The van der Waals surface area contributed by atoms with Crippen molar-refractivity contribution in [3.63, 3.8) is 0 Å². The molecule has 0 unspecified atom stereocenters. The van der Waals surface area contributed by atoms with Crippen LogP contribution in [0.1, 0.15) is 6.42 Å². The Morgan fingerprint density at radius 3 is 1.62 bits per heavy atom. The van der Waals surface area contributed by atoms with Crippen molar-refractivity contribution in [1.29, 1.82) is 0 Å². The van der Waals surface area contributed by atoms with Gasteiger partial charge in [0.2, 0.25) is 0 Å². The molecule has 0 atom stereocenters. The lowest BCUT2D eigenvalue weighted by Gasteiger charge is -1.99. The van der Waals surface area contributed by atoms with Crippen LogP contribution in [0.25, 0.3) is 0 Å². The molecule has 0 amide bonds. The molecule has 0 aromatic heterocycles. The molecule has 0 saturated heterocycles. The Kier molecular flexibility index (Phi) is 7.18.